The van der Waals surface area contributed by atoms with Gasteiger partial charge in [-0.3, -0.25) is 9.59 Å². The summed E-state index contributed by atoms with van der Waals surface area (Å²) >= 11 is 0. The zero-order chi connectivity index (χ0) is 12.1. The number of rotatable bonds is 2. The fourth-order valence-corrected chi connectivity index (χ4v) is 2.05. The SMILES string of the molecule is O=C1CCC(C(=O)NC2CCCCNC2)=NN1. The van der Waals surface area contributed by atoms with Crippen LogP contribution in [0.4, 0.5) is 0 Å². The van der Waals surface area contributed by atoms with E-state index in [-0.39, 0.29) is 17.9 Å². The molecule has 6 heteroatoms. The van der Waals surface area contributed by atoms with E-state index in [0.29, 0.717) is 18.6 Å². The summed E-state index contributed by atoms with van der Waals surface area (Å²) in [6.45, 7) is 1.83. The van der Waals surface area contributed by atoms with Crippen molar-refractivity contribution in [3.63, 3.8) is 0 Å². The number of nitrogens with one attached hydrogen (secondary N) is 3. The minimum atomic E-state index is -0.154. The van der Waals surface area contributed by atoms with Gasteiger partial charge in [-0.05, 0) is 19.4 Å². The third-order valence-corrected chi connectivity index (χ3v) is 3.05. The van der Waals surface area contributed by atoms with Crippen LogP contribution in [0.15, 0.2) is 5.10 Å². The van der Waals surface area contributed by atoms with Crippen molar-refractivity contribution in [1.82, 2.24) is 16.1 Å². The molecule has 2 aliphatic heterocycles. The van der Waals surface area contributed by atoms with E-state index >= 15 is 0 Å². The molecule has 0 aromatic heterocycles. The smallest absolute Gasteiger partial charge is 0.267 e. The van der Waals surface area contributed by atoms with Gasteiger partial charge in [0, 0.05) is 25.4 Å². The summed E-state index contributed by atoms with van der Waals surface area (Å²) in [7, 11) is 0. The third kappa shape index (κ3) is 3.52. The topological polar surface area (TPSA) is 82.6 Å². The van der Waals surface area contributed by atoms with E-state index in [1.807, 2.05) is 0 Å². The fourth-order valence-electron chi connectivity index (χ4n) is 2.05. The van der Waals surface area contributed by atoms with Crippen molar-refractivity contribution in [2.75, 3.05) is 13.1 Å². The Hall–Kier alpha value is -1.43. The minimum Gasteiger partial charge on any atom is -0.347 e. The molecule has 2 aliphatic rings. The zero-order valence-corrected chi connectivity index (χ0v) is 9.79. The molecule has 1 unspecified atom stereocenters. The van der Waals surface area contributed by atoms with Crippen LogP contribution < -0.4 is 16.1 Å². The molecule has 0 aromatic carbocycles. The van der Waals surface area contributed by atoms with Crippen molar-refractivity contribution in [1.29, 1.82) is 0 Å². The summed E-state index contributed by atoms with van der Waals surface area (Å²) in [4.78, 5) is 22.8. The number of carbonyl (C=O) groups is 2. The predicted molar refractivity (Wildman–Crippen MR) is 63.5 cm³/mol. The van der Waals surface area contributed by atoms with Gasteiger partial charge in [0.15, 0.2) is 0 Å². The molecule has 0 aliphatic carbocycles. The Morgan fingerprint density at radius 2 is 2.24 bits per heavy atom. The number of amides is 2. The van der Waals surface area contributed by atoms with Gasteiger partial charge in [0.05, 0.1) is 0 Å². The fraction of sp³-hybridized carbons (Fsp3) is 0.727. The molecular weight excluding hydrogens is 220 g/mol. The van der Waals surface area contributed by atoms with Crippen LogP contribution in [0, 0.1) is 0 Å². The highest BCUT2D eigenvalue weighted by Crippen LogP contribution is 2.05. The van der Waals surface area contributed by atoms with Gasteiger partial charge in [0.2, 0.25) is 5.91 Å². The van der Waals surface area contributed by atoms with Crippen molar-refractivity contribution >= 4 is 17.5 Å². The number of hydrazone groups is 1. The molecule has 17 heavy (non-hydrogen) atoms. The molecule has 0 spiro atoms. The monoisotopic (exact) mass is 238 g/mol. The highest BCUT2D eigenvalue weighted by atomic mass is 16.2. The molecule has 2 amide bonds. The second kappa shape index (κ2) is 5.77. The molecule has 0 bridgehead atoms. The van der Waals surface area contributed by atoms with Crippen molar-refractivity contribution in [3.8, 4) is 0 Å². The van der Waals surface area contributed by atoms with Crippen LogP contribution in [0.2, 0.25) is 0 Å². The standard InChI is InChI=1S/C11H18N4O2/c16-10-5-4-9(14-15-10)11(17)13-8-3-1-2-6-12-7-8/h8,12H,1-7H2,(H,13,17)(H,15,16). The first-order chi connectivity index (χ1) is 8.25. The van der Waals surface area contributed by atoms with Crippen LogP contribution in [0.25, 0.3) is 0 Å². The van der Waals surface area contributed by atoms with Gasteiger partial charge in [-0.1, -0.05) is 6.42 Å². The van der Waals surface area contributed by atoms with Gasteiger partial charge in [0.1, 0.15) is 5.71 Å². The Morgan fingerprint density at radius 3 is 3.00 bits per heavy atom. The second-order valence-corrected chi connectivity index (χ2v) is 4.46. The average molecular weight is 238 g/mol. The molecule has 3 N–H and O–H groups in total. The van der Waals surface area contributed by atoms with Gasteiger partial charge >= 0.3 is 0 Å². The van der Waals surface area contributed by atoms with E-state index in [4.69, 9.17) is 0 Å². The van der Waals surface area contributed by atoms with Crippen LogP contribution in [-0.4, -0.2) is 36.7 Å². The number of carbonyl (C=O) groups excluding carboxylic acids is 2. The summed E-state index contributed by atoms with van der Waals surface area (Å²) in [6.07, 6.45) is 4.05. The number of hydrogen-bond acceptors (Lipinski definition) is 4. The average Bonchev–Trinajstić information content (AvgIpc) is 2.58. The molecule has 0 aromatic rings. The maximum atomic E-state index is 11.9. The van der Waals surface area contributed by atoms with Gasteiger partial charge < -0.3 is 10.6 Å². The summed E-state index contributed by atoms with van der Waals surface area (Å²) in [5.41, 5.74) is 2.76. The first-order valence-electron chi connectivity index (χ1n) is 6.12. The lowest BCUT2D eigenvalue weighted by atomic mass is 10.1. The minimum absolute atomic E-state index is 0.127. The van der Waals surface area contributed by atoms with E-state index in [2.05, 4.69) is 21.2 Å². The number of nitrogens with zero attached hydrogens (tertiary/aromatic N) is 1. The van der Waals surface area contributed by atoms with Crippen LogP contribution >= 0.6 is 0 Å². The Balaban J connectivity index is 1.85. The maximum Gasteiger partial charge on any atom is 0.267 e. The van der Waals surface area contributed by atoms with Crippen LogP contribution in [0.1, 0.15) is 32.1 Å². The Labute approximate surface area is 100 Å². The lowest BCUT2D eigenvalue weighted by Gasteiger charge is -2.18. The number of hydrogen-bond donors (Lipinski definition) is 3. The molecule has 94 valence electrons. The lowest BCUT2D eigenvalue weighted by Crippen LogP contribution is -2.45. The normalized spacial score (nSPS) is 25.5. The summed E-state index contributed by atoms with van der Waals surface area (Å²) < 4.78 is 0. The molecule has 2 rings (SSSR count). The van der Waals surface area contributed by atoms with Gasteiger partial charge in [-0.25, -0.2) is 5.43 Å². The van der Waals surface area contributed by atoms with E-state index in [9.17, 15) is 9.59 Å². The van der Waals surface area contributed by atoms with E-state index in [1.54, 1.807) is 0 Å². The molecule has 1 saturated heterocycles. The van der Waals surface area contributed by atoms with Crippen molar-refractivity contribution in [2.45, 2.75) is 38.1 Å². The Kier molecular flexibility index (Phi) is 4.08. The second-order valence-electron chi connectivity index (χ2n) is 4.46. The van der Waals surface area contributed by atoms with Crippen LogP contribution in [0.5, 0.6) is 0 Å². The van der Waals surface area contributed by atoms with Crippen LogP contribution in [-0.2, 0) is 9.59 Å². The summed E-state index contributed by atoms with van der Waals surface area (Å²) in [6, 6.07) is 0.172. The predicted octanol–water partition coefficient (Wildman–Crippen LogP) is -0.489. The first-order valence-corrected chi connectivity index (χ1v) is 6.12. The Bertz CT molecular complexity index is 332. The molecule has 0 saturated carbocycles. The third-order valence-electron chi connectivity index (χ3n) is 3.05. The van der Waals surface area contributed by atoms with E-state index in [1.165, 1.54) is 0 Å². The highest BCUT2D eigenvalue weighted by Gasteiger charge is 2.21. The van der Waals surface area contributed by atoms with E-state index < -0.39 is 0 Å². The molecule has 0 radical (unpaired) electrons. The first kappa shape index (κ1) is 12.0. The summed E-state index contributed by atoms with van der Waals surface area (Å²) in [5, 5.41) is 10.0. The van der Waals surface area contributed by atoms with E-state index in [0.717, 1.165) is 32.4 Å². The molecule has 2 heterocycles. The molecular formula is C11H18N4O2. The Morgan fingerprint density at radius 1 is 1.35 bits per heavy atom. The molecule has 6 nitrogen and oxygen atoms in total. The maximum absolute atomic E-state index is 11.9. The van der Waals surface area contributed by atoms with Crippen molar-refractivity contribution < 1.29 is 9.59 Å². The van der Waals surface area contributed by atoms with Gasteiger partial charge in [0.25, 0.3) is 5.91 Å². The lowest BCUT2D eigenvalue weighted by molar-refractivity contribution is -0.121. The zero-order valence-electron chi connectivity index (χ0n) is 9.79. The van der Waals surface area contributed by atoms with Crippen molar-refractivity contribution in [3.05, 3.63) is 0 Å². The summed E-state index contributed by atoms with van der Waals surface area (Å²) in [5.74, 6) is -0.281. The van der Waals surface area contributed by atoms with Crippen molar-refractivity contribution in [2.24, 2.45) is 5.10 Å². The van der Waals surface area contributed by atoms with Crippen LogP contribution in [0.3, 0.4) is 0 Å². The van der Waals surface area contributed by atoms with Gasteiger partial charge in [-0.15, -0.1) is 0 Å². The quantitative estimate of drug-likeness (QED) is 0.607. The molecule has 1 fully saturated rings. The largest absolute Gasteiger partial charge is 0.347 e. The van der Waals surface area contributed by atoms with Gasteiger partial charge in [-0.2, -0.15) is 5.10 Å². The highest BCUT2D eigenvalue weighted by molar-refractivity contribution is 6.39. The molecule has 1 atom stereocenters.